The van der Waals surface area contributed by atoms with Gasteiger partial charge in [-0.1, -0.05) is 13.3 Å². The monoisotopic (exact) mass is 717 g/mol. The quantitative estimate of drug-likeness (QED) is 0.193. The fourth-order valence-electron chi connectivity index (χ4n) is 6.96. The first-order chi connectivity index (χ1) is 24.9. The van der Waals surface area contributed by atoms with Crippen LogP contribution in [0.5, 0.6) is 5.75 Å². The molecule has 1 saturated heterocycles. The van der Waals surface area contributed by atoms with Crippen LogP contribution in [0.3, 0.4) is 0 Å². The van der Waals surface area contributed by atoms with Gasteiger partial charge >= 0.3 is 11.9 Å². The van der Waals surface area contributed by atoms with Gasteiger partial charge < -0.3 is 19.8 Å². The maximum atomic E-state index is 14.8. The number of nitrogens with zero attached hydrogens (tertiary/aromatic N) is 3. The number of aromatic nitrogens is 1. The molecule has 2 aromatic carbocycles. The summed E-state index contributed by atoms with van der Waals surface area (Å²) in [5.74, 6) is -2.62. The summed E-state index contributed by atoms with van der Waals surface area (Å²) in [6.07, 6.45) is 7.51. The highest BCUT2D eigenvalue weighted by Gasteiger charge is 2.35. The smallest absolute Gasteiger partial charge is 0.337 e. The maximum absolute atomic E-state index is 14.8. The molecule has 276 valence electrons. The van der Waals surface area contributed by atoms with E-state index in [1.54, 1.807) is 0 Å². The Hall–Kier alpha value is -4.97. The number of halogens is 2. The lowest BCUT2D eigenvalue weighted by Crippen LogP contribution is -2.50. The average Bonchev–Trinajstić information content (AvgIpc) is 3.95. The second kappa shape index (κ2) is 17.0. The second-order valence-corrected chi connectivity index (χ2v) is 13.4. The van der Waals surface area contributed by atoms with Gasteiger partial charge in [-0.2, -0.15) is 0 Å². The van der Waals surface area contributed by atoms with Crippen LogP contribution in [0.1, 0.15) is 102 Å². The van der Waals surface area contributed by atoms with Gasteiger partial charge in [-0.15, -0.1) is 0 Å². The molecule has 0 unspecified atom stereocenters. The van der Waals surface area contributed by atoms with Gasteiger partial charge in [0.25, 0.3) is 5.91 Å². The van der Waals surface area contributed by atoms with E-state index < -0.39 is 23.6 Å². The molecule has 2 aliphatic heterocycles. The normalized spacial score (nSPS) is 16.3. The van der Waals surface area contributed by atoms with Crippen LogP contribution >= 0.6 is 0 Å². The average molecular weight is 718 g/mol. The van der Waals surface area contributed by atoms with Gasteiger partial charge in [0.15, 0.2) is 5.78 Å². The summed E-state index contributed by atoms with van der Waals surface area (Å²) >= 11 is 0. The van der Waals surface area contributed by atoms with E-state index in [1.807, 2.05) is 24.8 Å². The number of amides is 1. The number of pyridine rings is 1. The molecule has 1 amide bonds. The van der Waals surface area contributed by atoms with Crippen molar-refractivity contribution in [3.8, 4) is 16.9 Å². The Morgan fingerprint density at radius 2 is 1.67 bits per heavy atom. The number of ether oxygens (including phenoxy) is 1. The summed E-state index contributed by atoms with van der Waals surface area (Å²) in [4.78, 5) is 54.0. The van der Waals surface area contributed by atoms with Crippen molar-refractivity contribution in [3.63, 3.8) is 0 Å². The Bertz CT molecular complexity index is 1850. The van der Waals surface area contributed by atoms with Crippen LogP contribution < -0.4 is 4.74 Å². The molecule has 52 heavy (non-hydrogen) atoms. The van der Waals surface area contributed by atoms with Gasteiger partial charge in [0.2, 0.25) is 0 Å². The molecule has 2 N–H and O–H groups in total. The molecule has 3 aromatic rings. The van der Waals surface area contributed by atoms with E-state index in [0.717, 1.165) is 80.1 Å². The van der Waals surface area contributed by atoms with Crippen molar-refractivity contribution in [2.45, 2.75) is 84.2 Å². The van der Waals surface area contributed by atoms with Gasteiger partial charge in [0.05, 0.1) is 29.1 Å². The van der Waals surface area contributed by atoms with Gasteiger partial charge in [-0.05, 0) is 99.4 Å². The number of fused-ring (bicyclic) bond motifs is 1. The largest absolute Gasteiger partial charge is 0.494 e. The van der Waals surface area contributed by atoms with E-state index >= 15 is 0 Å². The number of aryl methyl sites for hydroxylation is 1. The van der Waals surface area contributed by atoms with E-state index in [-0.39, 0.29) is 23.3 Å². The van der Waals surface area contributed by atoms with Crippen molar-refractivity contribution in [1.82, 2.24) is 14.8 Å². The predicted molar refractivity (Wildman–Crippen MR) is 191 cm³/mol. The number of carboxylic acids is 2. The second-order valence-electron chi connectivity index (χ2n) is 13.4. The van der Waals surface area contributed by atoms with Crippen LogP contribution in [0.4, 0.5) is 8.78 Å². The number of hydrogen-bond donors (Lipinski definition) is 2. The van der Waals surface area contributed by atoms with E-state index in [4.69, 9.17) is 9.84 Å². The molecule has 12 heteroatoms. The van der Waals surface area contributed by atoms with Crippen LogP contribution in [-0.4, -0.2) is 80.9 Å². The van der Waals surface area contributed by atoms with Gasteiger partial charge in [-0.25, -0.2) is 18.4 Å². The van der Waals surface area contributed by atoms with Crippen molar-refractivity contribution in [2.24, 2.45) is 0 Å². The minimum atomic E-state index is -1.10. The molecule has 0 radical (unpaired) electrons. The van der Waals surface area contributed by atoms with E-state index in [2.05, 4.69) is 16.0 Å². The molecule has 6 rings (SSSR count). The first-order valence-corrected chi connectivity index (χ1v) is 17.9. The third kappa shape index (κ3) is 9.27. The fraction of sp³-hybridized carbons (Fsp3) is 0.425. The Kier molecular flexibility index (Phi) is 12.5. The third-order valence-corrected chi connectivity index (χ3v) is 9.60. The number of carbonyl (C=O) groups is 4. The number of aliphatic carboxylic acids is 1. The number of carboxylic acid groups (broad SMARTS) is 2. The van der Waals surface area contributed by atoms with E-state index in [1.165, 1.54) is 25.1 Å². The summed E-state index contributed by atoms with van der Waals surface area (Å²) in [6, 6.07) is 9.42. The van der Waals surface area contributed by atoms with Gasteiger partial charge in [0.1, 0.15) is 17.4 Å². The first-order valence-electron chi connectivity index (χ1n) is 17.9. The maximum Gasteiger partial charge on any atom is 0.337 e. The number of piperidine rings is 1. The summed E-state index contributed by atoms with van der Waals surface area (Å²) in [6.45, 7) is 8.54. The standard InChI is InChI=1S/C35H39F2N3O4.C5H6O3/c1-3-5-31-29(35(42)43)18-28-32(38-31)12-15-40(34(28)41)24-10-13-39(14-11-24)20-22-16-26(21-6-7-21)27(19-33(22)44-4-2)25-9-8-23(36)17-30(25)37;1-4(6)2-3-5(7)8/h8-9,16-19,21,24H,3-7,10-15,20H2,1-2H3,(H,42,43);2-3H,1H3,(H,7,8)/b;3-2+. The number of aromatic carboxylic acids is 1. The van der Waals surface area contributed by atoms with Crippen molar-refractivity contribution in [3.05, 3.63) is 93.8 Å². The number of ketones is 1. The predicted octanol–water partition coefficient (Wildman–Crippen LogP) is 6.83. The zero-order valence-corrected chi connectivity index (χ0v) is 29.8. The lowest BCUT2D eigenvalue weighted by Gasteiger charge is -2.40. The summed E-state index contributed by atoms with van der Waals surface area (Å²) in [7, 11) is 0. The number of hydrogen-bond acceptors (Lipinski definition) is 7. The Labute approximate surface area is 302 Å². The highest BCUT2D eigenvalue weighted by Crippen LogP contribution is 2.47. The van der Waals surface area contributed by atoms with Crippen LogP contribution in [0, 0.1) is 11.6 Å². The molecule has 1 aliphatic carbocycles. The molecular formula is C40H45F2N3O7. The molecule has 3 heterocycles. The van der Waals surface area contributed by atoms with Crippen molar-refractivity contribution in [2.75, 3.05) is 26.2 Å². The molecule has 0 spiro atoms. The Balaban J connectivity index is 0.000000587. The summed E-state index contributed by atoms with van der Waals surface area (Å²) in [5.41, 5.74) is 5.09. The zero-order chi connectivity index (χ0) is 37.5. The van der Waals surface area contributed by atoms with Crippen molar-refractivity contribution >= 4 is 23.6 Å². The van der Waals surface area contributed by atoms with E-state index in [0.29, 0.717) is 66.7 Å². The minimum absolute atomic E-state index is 0.0766. The summed E-state index contributed by atoms with van der Waals surface area (Å²) < 4.78 is 34.6. The highest BCUT2D eigenvalue weighted by atomic mass is 19.1. The van der Waals surface area contributed by atoms with Crippen LogP contribution in [0.25, 0.3) is 11.1 Å². The minimum Gasteiger partial charge on any atom is -0.494 e. The van der Waals surface area contributed by atoms with Crippen LogP contribution in [0.15, 0.2) is 48.6 Å². The first kappa shape index (κ1) is 38.3. The lowest BCUT2D eigenvalue weighted by atomic mass is 9.92. The summed E-state index contributed by atoms with van der Waals surface area (Å²) in [5, 5.41) is 17.7. The van der Waals surface area contributed by atoms with Crippen LogP contribution in [-0.2, 0) is 29.0 Å². The number of allylic oxidation sites excluding steroid dienone is 1. The van der Waals surface area contributed by atoms with Crippen molar-refractivity contribution < 1.29 is 42.9 Å². The number of benzene rings is 2. The highest BCUT2D eigenvalue weighted by molar-refractivity contribution is 5.99. The molecule has 2 fully saturated rings. The van der Waals surface area contributed by atoms with Gasteiger partial charge in [0, 0.05) is 61.9 Å². The molecule has 0 bridgehead atoms. The molecule has 0 atom stereocenters. The van der Waals surface area contributed by atoms with Gasteiger partial charge in [-0.3, -0.25) is 19.5 Å². The third-order valence-electron chi connectivity index (χ3n) is 9.60. The Morgan fingerprint density at radius 1 is 0.942 bits per heavy atom. The number of rotatable bonds is 12. The lowest BCUT2D eigenvalue weighted by molar-refractivity contribution is -0.131. The zero-order valence-electron chi connectivity index (χ0n) is 29.8. The van der Waals surface area contributed by atoms with Crippen LogP contribution in [0.2, 0.25) is 0 Å². The van der Waals surface area contributed by atoms with Crippen molar-refractivity contribution in [1.29, 1.82) is 0 Å². The number of carbonyl (C=O) groups excluding carboxylic acids is 2. The molecule has 3 aliphatic rings. The topological polar surface area (TPSA) is 137 Å². The molecular weight excluding hydrogens is 672 g/mol. The fourth-order valence-corrected chi connectivity index (χ4v) is 6.96. The SMILES string of the molecule is CC(=O)/C=C/C(=O)O.CCCc1nc2c(cc1C(=O)O)C(=O)N(C1CCN(Cc3cc(C4CC4)c(-c4ccc(F)cc4F)cc3OCC)CC1)CC2. The van der Waals surface area contributed by atoms with E-state index in [9.17, 15) is 33.1 Å². The molecule has 1 aromatic heterocycles. The Morgan fingerprint density at radius 3 is 2.25 bits per heavy atom. The number of likely N-dealkylation sites (tertiary alicyclic amines) is 1. The molecule has 1 saturated carbocycles. The molecule has 10 nitrogen and oxygen atoms in total.